The molecule has 1 saturated heterocycles. The summed E-state index contributed by atoms with van der Waals surface area (Å²) >= 11 is 1.28. The van der Waals surface area contributed by atoms with Crippen LogP contribution in [-0.2, 0) is 4.79 Å². The maximum Gasteiger partial charge on any atom is 0.234 e. The number of anilines is 2. The first kappa shape index (κ1) is 22.1. The van der Waals surface area contributed by atoms with Crippen molar-refractivity contribution in [3.05, 3.63) is 84.9 Å². The molecular weight excluding hydrogens is 442 g/mol. The minimum Gasteiger partial charge on any atom is -0.372 e. The van der Waals surface area contributed by atoms with Crippen molar-refractivity contribution in [2.24, 2.45) is 0 Å². The summed E-state index contributed by atoms with van der Waals surface area (Å²) in [5, 5.41) is 12.2. The number of hydrogen-bond acceptors (Lipinski definition) is 6. The Balaban J connectivity index is 1.27. The van der Waals surface area contributed by atoms with E-state index < -0.39 is 0 Å². The minimum atomic E-state index is -0.101. The third kappa shape index (κ3) is 5.26. The third-order valence-electron chi connectivity index (χ3n) is 5.72. The first-order chi connectivity index (χ1) is 16.8. The van der Waals surface area contributed by atoms with Gasteiger partial charge in [-0.05, 0) is 37.1 Å². The van der Waals surface area contributed by atoms with Crippen LogP contribution in [0, 0.1) is 0 Å². The highest BCUT2D eigenvalue weighted by molar-refractivity contribution is 7.99. The summed E-state index contributed by atoms with van der Waals surface area (Å²) in [7, 11) is 0. The van der Waals surface area contributed by atoms with E-state index in [9.17, 15) is 4.79 Å². The molecule has 1 aliphatic rings. The Labute approximate surface area is 203 Å². The van der Waals surface area contributed by atoms with Crippen LogP contribution in [0.2, 0.25) is 0 Å². The van der Waals surface area contributed by atoms with E-state index in [1.165, 1.54) is 30.3 Å². The summed E-state index contributed by atoms with van der Waals surface area (Å²) in [6, 6.07) is 27.9. The average molecular weight is 468 g/mol. The van der Waals surface area contributed by atoms with E-state index in [4.69, 9.17) is 4.98 Å². The van der Waals surface area contributed by atoms with Gasteiger partial charge in [-0.1, -0.05) is 72.4 Å². The molecule has 0 saturated carbocycles. The zero-order valence-electron chi connectivity index (χ0n) is 18.7. The second kappa shape index (κ2) is 10.5. The Hall–Kier alpha value is -3.71. The van der Waals surface area contributed by atoms with Crippen LogP contribution in [-0.4, -0.2) is 39.9 Å². The molecule has 4 aromatic rings. The van der Waals surface area contributed by atoms with Gasteiger partial charge in [0.1, 0.15) is 11.4 Å². The number of nitrogens with one attached hydrogen (secondary N) is 1. The average Bonchev–Trinajstić information content (AvgIpc) is 3.44. The van der Waals surface area contributed by atoms with Gasteiger partial charge in [0, 0.05) is 35.6 Å². The van der Waals surface area contributed by atoms with Crippen molar-refractivity contribution in [2.75, 3.05) is 29.1 Å². The highest BCUT2D eigenvalue weighted by Crippen LogP contribution is 2.29. The molecule has 170 valence electrons. The molecule has 1 fully saturated rings. The van der Waals surface area contributed by atoms with Gasteiger partial charge in [0.25, 0.3) is 0 Å². The Morgan fingerprint density at radius 2 is 1.41 bits per heavy atom. The molecule has 0 unspecified atom stereocenters. The maximum absolute atomic E-state index is 12.6. The van der Waals surface area contributed by atoms with Crippen molar-refractivity contribution >= 4 is 29.0 Å². The van der Waals surface area contributed by atoms with E-state index in [-0.39, 0.29) is 11.7 Å². The summed E-state index contributed by atoms with van der Waals surface area (Å²) in [4.78, 5) is 19.7. The van der Waals surface area contributed by atoms with E-state index in [0.717, 1.165) is 41.3 Å². The molecule has 0 atom stereocenters. The topological polar surface area (TPSA) is 71.0 Å². The van der Waals surface area contributed by atoms with Gasteiger partial charge in [-0.2, -0.15) is 0 Å². The number of aromatic nitrogens is 3. The number of benzene rings is 3. The molecule has 3 aromatic carbocycles. The Morgan fingerprint density at radius 3 is 2.06 bits per heavy atom. The molecule has 1 N–H and O–H groups in total. The normalized spacial score (nSPS) is 13.1. The number of amides is 1. The highest BCUT2D eigenvalue weighted by atomic mass is 32.2. The van der Waals surface area contributed by atoms with Crippen LogP contribution in [0.25, 0.3) is 22.5 Å². The Kier molecular flexibility index (Phi) is 6.81. The number of thioether (sulfide) groups is 1. The number of rotatable bonds is 7. The van der Waals surface area contributed by atoms with E-state index in [1.807, 2.05) is 72.8 Å². The molecular formula is C27H25N5OS. The van der Waals surface area contributed by atoms with Gasteiger partial charge in [0.15, 0.2) is 0 Å². The molecule has 0 spiro atoms. The molecule has 1 aromatic heterocycles. The monoisotopic (exact) mass is 467 g/mol. The van der Waals surface area contributed by atoms with Crippen LogP contribution in [0.5, 0.6) is 0 Å². The predicted octanol–water partition coefficient (Wildman–Crippen LogP) is 5.54. The molecule has 7 heteroatoms. The largest absolute Gasteiger partial charge is 0.372 e. The Bertz CT molecular complexity index is 1240. The molecule has 0 aliphatic carbocycles. The van der Waals surface area contributed by atoms with Crippen LogP contribution in [0.1, 0.15) is 12.8 Å². The van der Waals surface area contributed by atoms with Gasteiger partial charge >= 0.3 is 0 Å². The lowest BCUT2D eigenvalue weighted by atomic mass is 10.0. The lowest BCUT2D eigenvalue weighted by Gasteiger charge is -2.17. The Morgan fingerprint density at radius 1 is 0.794 bits per heavy atom. The number of carbonyl (C=O) groups excluding carboxylic acids is 1. The summed E-state index contributed by atoms with van der Waals surface area (Å²) in [5.74, 6) is 0.102. The van der Waals surface area contributed by atoms with Crippen LogP contribution < -0.4 is 10.2 Å². The molecule has 6 nitrogen and oxygen atoms in total. The summed E-state index contributed by atoms with van der Waals surface area (Å²) < 4.78 is 0. The van der Waals surface area contributed by atoms with Gasteiger partial charge in [0.2, 0.25) is 11.1 Å². The second-order valence-electron chi connectivity index (χ2n) is 8.10. The fourth-order valence-electron chi connectivity index (χ4n) is 4.02. The summed E-state index contributed by atoms with van der Waals surface area (Å²) in [6.45, 7) is 2.20. The molecule has 1 amide bonds. The van der Waals surface area contributed by atoms with E-state index >= 15 is 0 Å². The number of nitrogens with zero attached hydrogens (tertiary/aromatic N) is 4. The van der Waals surface area contributed by atoms with Gasteiger partial charge in [-0.25, -0.2) is 4.98 Å². The lowest BCUT2D eigenvalue weighted by molar-refractivity contribution is -0.113. The maximum atomic E-state index is 12.6. The minimum absolute atomic E-state index is 0.101. The van der Waals surface area contributed by atoms with Crippen LogP contribution in [0.4, 0.5) is 11.4 Å². The zero-order valence-corrected chi connectivity index (χ0v) is 19.5. The fourth-order valence-corrected chi connectivity index (χ4v) is 4.60. The molecule has 0 radical (unpaired) electrons. The van der Waals surface area contributed by atoms with Crippen molar-refractivity contribution in [3.8, 4) is 22.5 Å². The molecule has 5 rings (SSSR count). The van der Waals surface area contributed by atoms with E-state index in [1.54, 1.807) is 0 Å². The SMILES string of the molecule is O=C(CSc1nnc(-c2ccccc2)c(-c2ccccc2)n1)Nc1ccc(N2CCCC2)cc1. The van der Waals surface area contributed by atoms with Gasteiger partial charge < -0.3 is 10.2 Å². The zero-order chi connectivity index (χ0) is 23.2. The third-order valence-corrected chi connectivity index (χ3v) is 6.55. The fraction of sp³-hybridized carbons (Fsp3) is 0.185. The quantitative estimate of drug-likeness (QED) is 0.360. The molecule has 1 aliphatic heterocycles. The van der Waals surface area contributed by atoms with Gasteiger partial charge in [-0.3, -0.25) is 4.79 Å². The standard InChI is InChI=1S/C27H25N5OS/c33-24(28-22-13-15-23(16-14-22)32-17-7-8-18-32)19-34-27-29-25(20-9-3-1-4-10-20)26(30-31-27)21-11-5-2-6-12-21/h1-6,9-16H,7-8,17-19H2,(H,28,33). The van der Waals surface area contributed by atoms with Crippen LogP contribution in [0.3, 0.4) is 0 Å². The summed E-state index contributed by atoms with van der Waals surface area (Å²) in [6.07, 6.45) is 2.48. The molecule has 2 heterocycles. The summed E-state index contributed by atoms with van der Waals surface area (Å²) in [5.41, 5.74) is 5.38. The van der Waals surface area contributed by atoms with Crippen LogP contribution in [0.15, 0.2) is 90.1 Å². The van der Waals surface area contributed by atoms with Crippen molar-refractivity contribution < 1.29 is 4.79 Å². The van der Waals surface area contributed by atoms with E-state index in [2.05, 4.69) is 32.5 Å². The number of carbonyl (C=O) groups is 1. The highest BCUT2D eigenvalue weighted by Gasteiger charge is 2.15. The van der Waals surface area contributed by atoms with Crippen molar-refractivity contribution in [3.63, 3.8) is 0 Å². The number of hydrogen-bond donors (Lipinski definition) is 1. The van der Waals surface area contributed by atoms with E-state index in [0.29, 0.717) is 5.16 Å². The van der Waals surface area contributed by atoms with Crippen molar-refractivity contribution in [2.45, 2.75) is 18.0 Å². The molecule has 34 heavy (non-hydrogen) atoms. The van der Waals surface area contributed by atoms with Gasteiger partial charge in [0.05, 0.1) is 5.75 Å². The first-order valence-electron chi connectivity index (χ1n) is 11.4. The smallest absolute Gasteiger partial charge is 0.234 e. The molecule has 0 bridgehead atoms. The predicted molar refractivity (Wildman–Crippen MR) is 138 cm³/mol. The van der Waals surface area contributed by atoms with Crippen molar-refractivity contribution in [1.29, 1.82) is 0 Å². The lowest BCUT2D eigenvalue weighted by Crippen LogP contribution is -2.18. The van der Waals surface area contributed by atoms with Crippen LogP contribution >= 0.6 is 11.8 Å². The van der Waals surface area contributed by atoms with Crippen molar-refractivity contribution in [1.82, 2.24) is 15.2 Å². The first-order valence-corrected chi connectivity index (χ1v) is 12.4. The van der Waals surface area contributed by atoms with Gasteiger partial charge in [-0.15, -0.1) is 10.2 Å². The second-order valence-corrected chi connectivity index (χ2v) is 9.04.